The summed E-state index contributed by atoms with van der Waals surface area (Å²) in [6.45, 7) is 4.60. The first-order chi connectivity index (χ1) is 10.4. The number of rotatable bonds is 7. The SMILES string of the molecule is CC1(C)[C@H]2CC=C(/C=N\NC(=O)CCCCC(=O)NO)[C@@H]1C2. The van der Waals surface area contributed by atoms with Crippen LogP contribution in [0.5, 0.6) is 0 Å². The molecule has 0 spiro atoms. The average molecular weight is 307 g/mol. The number of unbranched alkanes of at least 4 members (excludes halogenated alkanes) is 1. The van der Waals surface area contributed by atoms with Gasteiger partial charge in [0.2, 0.25) is 11.8 Å². The third-order valence-corrected chi connectivity index (χ3v) is 5.10. The Bertz CT molecular complexity index is 497. The number of carbonyl (C=O) groups is 2. The summed E-state index contributed by atoms with van der Waals surface area (Å²) in [6, 6.07) is 0. The Labute approximate surface area is 131 Å². The van der Waals surface area contributed by atoms with Crippen LogP contribution in [-0.4, -0.2) is 23.2 Å². The van der Waals surface area contributed by atoms with Crippen molar-refractivity contribution in [1.82, 2.24) is 10.9 Å². The van der Waals surface area contributed by atoms with Crippen molar-refractivity contribution in [1.29, 1.82) is 0 Å². The zero-order valence-electron chi connectivity index (χ0n) is 13.3. The molecule has 22 heavy (non-hydrogen) atoms. The van der Waals surface area contributed by atoms with Gasteiger partial charge in [-0.25, -0.2) is 10.9 Å². The van der Waals surface area contributed by atoms with E-state index in [2.05, 4.69) is 30.5 Å². The topological polar surface area (TPSA) is 90.8 Å². The van der Waals surface area contributed by atoms with Crippen molar-refractivity contribution >= 4 is 18.0 Å². The van der Waals surface area contributed by atoms with Crippen molar-refractivity contribution in [3.05, 3.63) is 11.6 Å². The quantitative estimate of drug-likeness (QED) is 0.291. The molecule has 0 aliphatic heterocycles. The van der Waals surface area contributed by atoms with Crippen molar-refractivity contribution < 1.29 is 14.8 Å². The van der Waals surface area contributed by atoms with Gasteiger partial charge in [-0.15, -0.1) is 0 Å². The maximum atomic E-state index is 11.6. The van der Waals surface area contributed by atoms with Crippen molar-refractivity contribution in [3.8, 4) is 0 Å². The van der Waals surface area contributed by atoms with Gasteiger partial charge < -0.3 is 0 Å². The van der Waals surface area contributed by atoms with E-state index < -0.39 is 5.91 Å². The first-order valence-electron chi connectivity index (χ1n) is 7.90. The van der Waals surface area contributed by atoms with Crippen LogP contribution in [0.1, 0.15) is 52.4 Å². The molecule has 0 aromatic carbocycles. The fraction of sp³-hybridized carbons (Fsp3) is 0.688. The molecule has 6 heteroatoms. The van der Waals surface area contributed by atoms with Crippen molar-refractivity contribution in [2.24, 2.45) is 22.4 Å². The maximum Gasteiger partial charge on any atom is 0.243 e. The molecule has 0 unspecified atom stereocenters. The highest BCUT2D eigenvalue weighted by Gasteiger charge is 2.50. The van der Waals surface area contributed by atoms with Gasteiger partial charge in [0.05, 0.1) is 6.21 Å². The first-order valence-corrected chi connectivity index (χ1v) is 7.90. The van der Waals surface area contributed by atoms with E-state index >= 15 is 0 Å². The van der Waals surface area contributed by atoms with E-state index in [0.29, 0.717) is 30.6 Å². The third-order valence-electron chi connectivity index (χ3n) is 5.10. The number of hydrogen-bond donors (Lipinski definition) is 3. The second-order valence-electron chi connectivity index (χ2n) is 6.78. The van der Waals surface area contributed by atoms with Crippen LogP contribution in [-0.2, 0) is 9.59 Å². The minimum Gasteiger partial charge on any atom is -0.289 e. The largest absolute Gasteiger partial charge is 0.289 e. The fourth-order valence-corrected chi connectivity index (χ4v) is 3.41. The number of carbonyl (C=O) groups excluding carboxylic acids is 2. The second kappa shape index (κ2) is 7.05. The number of allylic oxidation sites excluding steroid dienone is 2. The van der Waals surface area contributed by atoms with Crippen LogP contribution in [0.3, 0.4) is 0 Å². The second-order valence-corrected chi connectivity index (χ2v) is 6.78. The first kappa shape index (κ1) is 16.7. The lowest BCUT2D eigenvalue weighted by atomic mass is 9.49. The molecule has 3 N–H and O–H groups in total. The monoisotopic (exact) mass is 307 g/mol. The average Bonchev–Trinajstić information content (AvgIpc) is 2.51. The Kier molecular flexibility index (Phi) is 5.34. The molecule has 122 valence electrons. The molecular weight excluding hydrogens is 282 g/mol. The summed E-state index contributed by atoms with van der Waals surface area (Å²) in [5.41, 5.74) is 5.69. The summed E-state index contributed by atoms with van der Waals surface area (Å²) in [5, 5.41) is 12.4. The smallest absolute Gasteiger partial charge is 0.243 e. The Balaban J connectivity index is 1.66. The minimum absolute atomic E-state index is 0.150. The minimum atomic E-state index is -0.427. The summed E-state index contributed by atoms with van der Waals surface area (Å²) in [5.74, 6) is 0.774. The normalized spacial score (nSPS) is 25.3. The van der Waals surface area contributed by atoms with Crippen LogP contribution < -0.4 is 10.9 Å². The Hall–Kier alpha value is -1.69. The van der Waals surface area contributed by atoms with Gasteiger partial charge in [-0.05, 0) is 48.5 Å². The van der Waals surface area contributed by atoms with Gasteiger partial charge >= 0.3 is 0 Å². The van der Waals surface area contributed by atoms with Crippen molar-refractivity contribution in [2.45, 2.75) is 52.4 Å². The van der Waals surface area contributed by atoms with E-state index in [0.717, 1.165) is 12.3 Å². The van der Waals surface area contributed by atoms with E-state index in [9.17, 15) is 9.59 Å². The van der Waals surface area contributed by atoms with E-state index in [-0.39, 0.29) is 12.3 Å². The van der Waals surface area contributed by atoms with Crippen LogP contribution in [0, 0.1) is 17.3 Å². The lowest BCUT2D eigenvalue weighted by Gasteiger charge is -2.55. The van der Waals surface area contributed by atoms with Gasteiger partial charge in [-0.2, -0.15) is 5.10 Å². The zero-order chi connectivity index (χ0) is 16.2. The van der Waals surface area contributed by atoms with Crippen LogP contribution in [0.2, 0.25) is 0 Å². The molecule has 0 aromatic rings. The van der Waals surface area contributed by atoms with E-state index in [1.54, 1.807) is 11.7 Å². The highest BCUT2D eigenvalue weighted by Crippen LogP contribution is 2.58. The van der Waals surface area contributed by atoms with Gasteiger partial charge in [-0.3, -0.25) is 14.8 Å². The summed E-state index contributed by atoms with van der Waals surface area (Å²) in [7, 11) is 0. The Morgan fingerprint density at radius 1 is 1.36 bits per heavy atom. The van der Waals surface area contributed by atoms with Gasteiger partial charge in [0.25, 0.3) is 0 Å². The zero-order valence-corrected chi connectivity index (χ0v) is 13.3. The van der Waals surface area contributed by atoms with Gasteiger partial charge in [0.15, 0.2) is 0 Å². The Morgan fingerprint density at radius 2 is 2.05 bits per heavy atom. The predicted octanol–water partition coefficient (Wildman–Crippen LogP) is 2.15. The molecule has 3 aliphatic rings. The molecule has 0 aromatic heterocycles. The number of hydrazone groups is 1. The van der Waals surface area contributed by atoms with Crippen molar-refractivity contribution in [3.63, 3.8) is 0 Å². The Morgan fingerprint density at radius 3 is 2.64 bits per heavy atom. The van der Waals surface area contributed by atoms with E-state index in [1.807, 2.05) is 0 Å². The molecule has 1 fully saturated rings. The molecule has 0 heterocycles. The molecule has 2 amide bonds. The molecule has 3 rings (SSSR count). The lowest BCUT2D eigenvalue weighted by molar-refractivity contribution is -0.129. The van der Waals surface area contributed by atoms with Crippen LogP contribution >= 0.6 is 0 Å². The molecule has 1 saturated carbocycles. The third kappa shape index (κ3) is 3.74. The molecule has 2 atom stereocenters. The molecule has 0 radical (unpaired) electrons. The predicted molar refractivity (Wildman–Crippen MR) is 83.1 cm³/mol. The molecular formula is C16H25N3O3. The summed E-state index contributed by atoms with van der Waals surface area (Å²) in [4.78, 5) is 22.4. The molecule has 3 aliphatic carbocycles. The van der Waals surface area contributed by atoms with Gasteiger partial charge in [-0.1, -0.05) is 19.9 Å². The van der Waals surface area contributed by atoms with Gasteiger partial charge in [0.1, 0.15) is 0 Å². The standard InChI is InChI=1S/C16H25N3O3/c1-16(2)12-8-7-11(13(16)9-12)10-17-18-14(20)5-3-4-6-15(21)19-22/h7,10,12-13,22H,3-6,8-9H2,1-2H3,(H,18,20)(H,19,21)/b17-10-/t12-,13-/m0/s1. The van der Waals surface area contributed by atoms with Gasteiger partial charge in [0, 0.05) is 12.8 Å². The summed E-state index contributed by atoms with van der Waals surface area (Å²) < 4.78 is 0. The van der Waals surface area contributed by atoms with Crippen LogP contribution in [0.15, 0.2) is 16.8 Å². The van der Waals surface area contributed by atoms with E-state index in [4.69, 9.17) is 5.21 Å². The number of fused-ring (bicyclic) bond motifs is 1. The highest BCUT2D eigenvalue weighted by molar-refractivity contribution is 5.83. The maximum absolute atomic E-state index is 11.6. The van der Waals surface area contributed by atoms with E-state index in [1.165, 1.54) is 12.0 Å². The van der Waals surface area contributed by atoms with Crippen LogP contribution in [0.4, 0.5) is 0 Å². The summed E-state index contributed by atoms with van der Waals surface area (Å²) in [6.07, 6.45) is 8.04. The number of amides is 2. The van der Waals surface area contributed by atoms with Crippen LogP contribution in [0.25, 0.3) is 0 Å². The number of hydrogen-bond acceptors (Lipinski definition) is 4. The molecule has 0 saturated heterocycles. The molecule has 2 bridgehead atoms. The number of hydroxylamine groups is 1. The number of nitrogens with zero attached hydrogens (tertiary/aromatic N) is 1. The van der Waals surface area contributed by atoms with Crippen molar-refractivity contribution in [2.75, 3.05) is 0 Å². The number of nitrogens with one attached hydrogen (secondary N) is 2. The lowest BCUT2D eigenvalue weighted by Crippen LogP contribution is -2.48. The fourth-order valence-electron chi connectivity index (χ4n) is 3.41. The molecule has 6 nitrogen and oxygen atoms in total. The summed E-state index contributed by atoms with van der Waals surface area (Å²) >= 11 is 0. The highest BCUT2D eigenvalue weighted by atomic mass is 16.5.